The Kier molecular flexibility index (Phi) is 4.80. The highest BCUT2D eigenvalue weighted by atomic mass is 32.2. The molecule has 1 saturated heterocycles. The summed E-state index contributed by atoms with van der Waals surface area (Å²) in [7, 11) is -1.36. The highest BCUT2D eigenvalue weighted by Crippen LogP contribution is 2.17. The van der Waals surface area contributed by atoms with Crippen LogP contribution < -0.4 is 10.5 Å². The van der Waals surface area contributed by atoms with Crippen molar-refractivity contribution in [1.29, 1.82) is 0 Å². The Morgan fingerprint density at radius 1 is 1.45 bits per heavy atom. The third-order valence-electron chi connectivity index (χ3n) is 3.90. The molecule has 1 aliphatic heterocycles. The maximum Gasteiger partial charge on any atom is 0.240 e. The third kappa shape index (κ3) is 3.58. The summed E-state index contributed by atoms with van der Waals surface area (Å²) in [6.07, 6.45) is 1.05. The molecule has 1 atom stereocenters. The fourth-order valence-electron chi connectivity index (χ4n) is 2.57. The quantitative estimate of drug-likeness (QED) is 0.838. The largest absolute Gasteiger partial charge is 0.326 e. The molecule has 0 aromatic heterocycles. The molecule has 1 aromatic carbocycles. The number of hydrogen-bond donors (Lipinski definition) is 2. The molecule has 0 bridgehead atoms. The standard InChI is InChI=1S/C14H23N3O2S/c1-11-7-14(4-3-13(11)8-15)20(18,19)16-9-12-5-6-17(2)10-12/h3-4,7,12,16H,5-6,8-10,15H2,1-2H3. The highest BCUT2D eigenvalue weighted by molar-refractivity contribution is 7.89. The monoisotopic (exact) mass is 297 g/mol. The molecule has 1 heterocycles. The maximum atomic E-state index is 12.3. The molecule has 20 heavy (non-hydrogen) atoms. The van der Waals surface area contributed by atoms with Crippen molar-refractivity contribution in [3.05, 3.63) is 29.3 Å². The number of benzene rings is 1. The smallest absolute Gasteiger partial charge is 0.240 e. The first kappa shape index (κ1) is 15.4. The minimum atomic E-state index is -3.42. The van der Waals surface area contributed by atoms with Gasteiger partial charge in [0.1, 0.15) is 0 Å². The van der Waals surface area contributed by atoms with Gasteiger partial charge < -0.3 is 10.6 Å². The van der Waals surface area contributed by atoms with E-state index in [1.165, 1.54) is 0 Å². The molecule has 0 radical (unpaired) electrons. The topological polar surface area (TPSA) is 75.4 Å². The predicted molar refractivity (Wildman–Crippen MR) is 79.9 cm³/mol. The second kappa shape index (κ2) is 6.22. The number of aryl methyl sites for hydroxylation is 1. The Balaban J connectivity index is 2.04. The number of rotatable bonds is 5. The fraction of sp³-hybridized carbons (Fsp3) is 0.571. The molecular weight excluding hydrogens is 274 g/mol. The molecule has 6 heteroatoms. The van der Waals surface area contributed by atoms with Gasteiger partial charge in [-0.1, -0.05) is 6.07 Å². The summed E-state index contributed by atoms with van der Waals surface area (Å²) in [4.78, 5) is 2.54. The van der Waals surface area contributed by atoms with Gasteiger partial charge in [0.05, 0.1) is 4.90 Å². The Hall–Kier alpha value is -0.950. The molecule has 1 unspecified atom stereocenters. The molecular formula is C14H23N3O2S. The van der Waals surface area contributed by atoms with Gasteiger partial charge in [-0.05, 0) is 56.1 Å². The van der Waals surface area contributed by atoms with E-state index in [0.717, 1.165) is 30.6 Å². The SMILES string of the molecule is Cc1cc(S(=O)(=O)NCC2CCN(C)C2)ccc1CN. The zero-order valence-corrected chi connectivity index (χ0v) is 12.9. The van der Waals surface area contributed by atoms with Gasteiger partial charge in [0.15, 0.2) is 0 Å². The molecule has 0 aliphatic carbocycles. The van der Waals surface area contributed by atoms with Crippen LogP contribution in [0.4, 0.5) is 0 Å². The number of nitrogens with two attached hydrogens (primary N) is 1. The van der Waals surface area contributed by atoms with E-state index in [1.807, 2.05) is 6.92 Å². The lowest BCUT2D eigenvalue weighted by atomic mass is 10.1. The molecule has 0 saturated carbocycles. The first-order valence-electron chi connectivity index (χ1n) is 6.90. The van der Waals surface area contributed by atoms with Crippen molar-refractivity contribution in [2.45, 2.75) is 24.8 Å². The van der Waals surface area contributed by atoms with Crippen LogP contribution in [0, 0.1) is 12.8 Å². The fourth-order valence-corrected chi connectivity index (χ4v) is 3.77. The van der Waals surface area contributed by atoms with Crippen molar-refractivity contribution in [3.63, 3.8) is 0 Å². The Labute approximate surface area is 121 Å². The highest BCUT2D eigenvalue weighted by Gasteiger charge is 2.22. The first-order chi connectivity index (χ1) is 9.42. The minimum absolute atomic E-state index is 0.318. The van der Waals surface area contributed by atoms with Gasteiger partial charge in [-0.25, -0.2) is 13.1 Å². The summed E-state index contributed by atoms with van der Waals surface area (Å²) in [6.45, 7) is 4.80. The maximum absolute atomic E-state index is 12.3. The second-order valence-electron chi connectivity index (χ2n) is 5.56. The van der Waals surface area contributed by atoms with E-state index in [-0.39, 0.29) is 0 Å². The van der Waals surface area contributed by atoms with Crippen LogP contribution >= 0.6 is 0 Å². The van der Waals surface area contributed by atoms with Gasteiger partial charge in [0, 0.05) is 19.6 Å². The van der Waals surface area contributed by atoms with Crippen molar-refractivity contribution in [2.24, 2.45) is 11.7 Å². The van der Waals surface area contributed by atoms with E-state index in [2.05, 4.69) is 16.7 Å². The Morgan fingerprint density at radius 2 is 2.20 bits per heavy atom. The molecule has 3 N–H and O–H groups in total. The van der Waals surface area contributed by atoms with Crippen LogP contribution in [0.1, 0.15) is 17.5 Å². The van der Waals surface area contributed by atoms with Crippen LogP contribution in [-0.4, -0.2) is 40.0 Å². The second-order valence-corrected chi connectivity index (χ2v) is 7.33. The normalized spacial score (nSPS) is 20.4. The molecule has 0 spiro atoms. The predicted octanol–water partition coefficient (Wildman–Crippen LogP) is 0.684. The molecule has 1 aromatic rings. The number of nitrogens with one attached hydrogen (secondary N) is 1. The molecule has 5 nitrogen and oxygen atoms in total. The number of hydrogen-bond acceptors (Lipinski definition) is 4. The van der Waals surface area contributed by atoms with E-state index in [0.29, 0.717) is 23.9 Å². The zero-order valence-electron chi connectivity index (χ0n) is 12.1. The summed E-state index contributed by atoms with van der Waals surface area (Å²) in [5.74, 6) is 0.402. The van der Waals surface area contributed by atoms with Gasteiger partial charge in [0.2, 0.25) is 10.0 Å². The van der Waals surface area contributed by atoms with Crippen molar-refractivity contribution in [1.82, 2.24) is 9.62 Å². The molecule has 0 amide bonds. The molecule has 112 valence electrons. The lowest BCUT2D eigenvalue weighted by Crippen LogP contribution is -2.30. The summed E-state index contributed by atoms with van der Waals surface area (Å²) >= 11 is 0. The zero-order chi connectivity index (χ0) is 14.8. The van der Waals surface area contributed by atoms with Gasteiger partial charge in [-0.15, -0.1) is 0 Å². The lowest BCUT2D eigenvalue weighted by Gasteiger charge is -2.13. The van der Waals surface area contributed by atoms with Crippen LogP contribution in [0.2, 0.25) is 0 Å². The molecule has 1 aliphatic rings. The van der Waals surface area contributed by atoms with Crippen LogP contribution in [-0.2, 0) is 16.6 Å². The Morgan fingerprint density at radius 3 is 2.75 bits per heavy atom. The lowest BCUT2D eigenvalue weighted by molar-refractivity contribution is 0.394. The molecule has 2 rings (SSSR count). The van der Waals surface area contributed by atoms with Gasteiger partial charge in [-0.3, -0.25) is 0 Å². The first-order valence-corrected chi connectivity index (χ1v) is 8.38. The van der Waals surface area contributed by atoms with Crippen LogP contribution in [0.25, 0.3) is 0 Å². The summed E-state index contributed by atoms with van der Waals surface area (Å²) < 4.78 is 27.2. The van der Waals surface area contributed by atoms with E-state index >= 15 is 0 Å². The molecule has 1 fully saturated rings. The summed E-state index contributed by atoms with van der Waals surface area (Å²) in [5.41, 5.74) is 7.48. The average Bonchev–Trinajstić information content (AvgIpc) is 2.82. The van der Waals surface area contributed by atoms with Crippen LogP contribution in [0.15, 0.2) is 23.1 Å². The van der Waals surface area contributed by atoms with Crippen molar-refractivity contribution in [2.75, 3.05) is 26.7 Å². The van der Waals surface area contributed by atoms with E-state index in [9.17, 15) is 8.42 Å². The number of nitrogens with zero attached hydrogens (tertiary/aromatic N) is 1. The van der Waals surface area contributed by atoms with Gasteiger partial charge in [0.25, 0.3) is 0 Å². The Bertz CT molecular complexity index is 572. The van der Waals surface area contributed by atoms with Crippen LogP contribution in [0.5, 0.6) is 0 Å². The van der Waals surface area contributed by atoms with E-state index in [1.54, 1.807) is 18.2 Å². The minimum Gasteiger partial charge on any atom is -0.326 e. The van der Waals surface area contributed by atoms with Crippen molar-refractivity contribution < 1.29 is 8.42 Å². The summed E-state index contributed by atoms with van der Waals surface area (Å²) in [6, 6.07) is 5.09. The van der Waals surface area contributed by atoms with E-state index in [4.69, 9.17) is 5.73 Å². The van der Waals surface area contributed by atoms with Crippen molar-refractivity contribution >= 4 is 10.0 Å². The van der Waals surface area contributed by atoms with E-state index < -0.39 is 10.0 Å². The van der Waals surface area contributed by atoms with Gasteiger partial charge >= 0.3 is 0 Å². The average molecular weight is 297 g/mol. The summed E-state index contributed by atoms with van der Waals surface area (Å²) in [5, 5.41) is 0. The number of sulfonamides is 1. The van der Waals surface area contributed by atoms with Crippen LogP contribution in [0.3, 0.4) is 0 Å². The van der Waals surface area contributed by atoms with Crippen molar-refractivity contribution in [3.8, 4) is 0 Å². The number of likely N-dealkylation sites (tertiary alicyclic amines) is 1. The van der Waals surface area contributed by atoms with Gasteiger partial charge in [-0.2, -0.15) is 0 Å². The third-order valence-corrected chi connectivity index (χ3v) is 5.32.